The highest BCUT2D eigenvalue weighted by molar-refractivity contribution is 7.80. The van der Waals surface area contributed by atoms with Gasteiger partial charge in [0.05, 0.1) is 13.2 Å². The van der Waals surface area contributed by atoms with Crippen molar-refractivity contribution in [3.8, 4) is 0 Å². The summed E-state index contributed by atoms with van der Waals surface area (Å²) in [4.78, 5) is 16.3. The molecule has 114 valence electrons. The third-order valence-corrected chi connectivity index (χ3v) is 4.74. The lowest BCUT2D eigenvalue weighted by Gasteiger charge is -2.26. The monoisotopic (exact) mass is 306 g/mol. The first-order valence-corrected chi connectivity index (χ1v) is 8.20. The van der Waals surface area contributed by atoms with Gasteiger partial charge < -0.3 is 9.64 Å². The molecule has 0 saturated carbocycles. The number of ether oxygens (including phenoxy) is 1. The number of amides is 1. The molecule has 2 fully saturated rings. The molecule has 0 aliphatic carbocycles. The summed E-state index contributed by atoms with van der Waals surface area (Å²) in [5.74, 6) is 1.38. The number of carbonyl (C=O) groups is 1. The van der Waals surface area contributed by atoms with Crippen LogP contribution >= 0.6 is 12.6 Å². The van der Waals surface area contributed by atoms with Crippen LogP contribution in [0.5, 0.6) is 0 Å². The Bertz CT molecular complexity index is 486. The van der Waals surface area contributed by atoms with Crippen LogP contribution in [0.4, 0.5) is 5.69 Å². The Hall–Kier alpha value is -1.04. The van der Waals surface area contributed by atoms with Crippen molar-refractivity contribution in [2.24, 2.45) is 5.92 Å². The number of hydrogen-bond acceptors (Lipinski definition) is 4. The molecule has 2 saturated heterocycles. The van der Waals surface area contributed by atoms with Crippen LogP contribution in [0, 0.1) is 5.92 Å². The van der Waals surface area contributed by atoms with E-state index in [2.05, 4.69) is 41.8 Å². The predicted octanol–water partition coefficient (Wildman–Crippen LogP) is 1.80. The van der Waals surface area contributed by atoms with Crippen LogP contribution in [-0.2, 0) is 16.1 Å². The van der Waals surface area contributed by atoms with Gasteiger partial charge in [0, 0.05) is 38.3 Å². The first-order chi connectivity index (χ1) is 10.3. The molecule has 0 bridgehead atoms. The fourth-order valence-corrected chi connectivity index (χ4v) is 3.20. The second-order valence-electron chi connectivity index (χ2n) is 5.81. The molecule has 4 nitrogen and oxygen atoms in total. The van der Waals surface area contributed by atoms with Gasteiger partial charge >= 0.3 is 0 Å². The number of thiol groups is 1. The van der Waals surface area contributed by atoms with E-state index >= 15 is 0 Å². The van der Waals surface area contributed by atoms with Crippen LogP contribution in [0.25, 0.3) is 0 Å². The molecule has 2 aliphatic rings. The fraction of sp³-hybridized carbons (Fsp3) is 0.562. The molecule has 1 amide bonds. The Balaban J connectivity index is 1.62. The molecule has 5 heteroatoms. The number of morpholine rings is 1. The van der Waals surface area contributed by atoms with E-state index in [-0.39, 0.29) is 5.91 Å². The van der Waals surface area contributed by atoms with E-state index in [9.17, 15) is 4.79 Å². The largest absolute Gasteiger partial charge is 0.379 e. The maximum absolute atomic E-state index is 12.0. The molecular formula is C16H22N2O2S. The van der Waals surface area contributed by atoms with Crippen molar-refractivity contribution in [1.29, 1.82) is 0 Å². The molecule has 3 rings (SSSR count). The van der Waals surface area contributed by atoms with Gasteiger partial charge in [-0.15, -0.1) is 0 Å². The van der Waals surface area contributed by atoms with Gasteiger partial charge in [-0.05, 0) is 29.4 Å². The topological polar surface area (TPSA) is 32.8 Å². The van der Waals surface area contributed by atoms with Crippen LogP contribution in [0.1, 0.15) is 12.0 Å². The lowest BCUT2D eigenvalue weighted by atomic mass is 10.1. The third kappa shape index (κ3) is 3.59. The van der Waals surface area contributed by atoms with Crippen molar-refractivity contribution in [1.82, 2.24) is 4.90 Å². The number of nitrogens with zero attached hydrogens (tertiary/aromatic N) is 2. The number of benzene rings is 1. The van der Waals surface area contributed by atoms with Gasteiger partial charge in [-0.3, -0.25) is 9.69 Å². The van der Waals surface area contributed by atoms with E-state index in [0.717, 1.165) is 50.8 Å². The van der Waals surface area contributed by atoms with E-state index in [1.54, 1.807) is 0 Å². The standard InChI is InChI=1S/C16H22N2O2S/c19-16-9-14(12-21)11-18(16)15-3-1-13(2-4-15)10-17-5-7-20-8-6-17/h1-4,14,21H,5-12H2. The SMILES string of the molecule is O=C1CC(CS)CN1c1ccc(CN2CCOCC2)cc1. The average molecular weight is 306 g/mol. The quantitative estimate of drug-likeness (QED) is 0.861. The maximum Gasteiger partial charge on any atom is 0.227 e. The lowest BCUT2D eigenvalue weighted by Crippen LogP contribution is -2.35. The molecule has 0 N–H and O–H groups in total. The number of rotatable bonds is 4. The number of carbonyl (C=O) groups excluding carboxylic acids is 1. The van der Waals surface area contributed by atoms with Crippen molar-refractivity contribution in [2.75, 3.05) is 43.5 Å². The van der Waals surface area contributed by atoms with E-state index in [1.807, 2.05) is 4.90 Å². The highest BCUT2D eigenvalue weighted by Gasteiger charge is 2.29. The van der Waals surface area contributed by atoms with Crippen LogP contribution in [-0.4, -0.2) is 49.4 Å². The van der Waals surface area contributed by atoms with E-state index < -0.39 is 0 Å². The number of anilines is 1. The summed E-state index contributed by atoms with van der Waals surface area (Å²) in [5, 5.41) is 0. The van der Waals surface area contributed by atoms with E-state index in [4.69, 9.17) is 4.74 Å². The van der Waals surface area contributed by atoms with Gasteiger partial charge in [0.2, 0.25) is 5.91 Å². The van der Waals surface area contributed by atoms with Crippen molar-refractivity contribution in [2.45, 2.75) is 13.0 Å². The zero-order chi connectivity index (χ0) is 14.7. The van der Waals surface area contributed by atoms with Gasteiger partial charge in [-0.1, -0.05) is 12.1 Å². The normalized spacial score (nSPS) is 23.8. The zero-order valence-corrected chi connectivity index (χ0v) is 13.1. The molecule has 2 heterocycles. The fourth-order valence-electron chi connectivity index (χ4n) is 2.95. The van der Waals surface area contributed by atoms with Crippen LogP contribution in [0.15, 0.2) is 24.3 Å². The van der Waals surface area contributed by atoms with Crippen LogP contribution in [0.2, 0.25) is 0 Å². The molecule has 1 aromatic carbocycles. The second-order valence-corrected chi connectivity index (χ2v) is 6.18. The Morgan fingerprint density at radius 1 is 1.19 bits per heavy atom. The molecule has 2 aliphatic heterocycles. The average Bonchev–Trinajstić information content (AvgIpc) is 2.90. The predicted molar refractivity (Wildman–Crippen MR) is 86.9 cm³/mol. The van der Waals surface area contributed by atoms with Crippen molar-refractivity contribution in [3.63, 3.8) is 0 Å². The van der Waals surface area contributed by atoms with Crippen LogP contribution in [0.3, 0.4) is 0 Å². The highest BCUT2D eigenvalue weighted by atomic mass is 32.1. The molecule has 21 heavy (non-hydrogen) atoms. The first kappa shape index (κ1) is 14.9. The van der Waals surface area contributed by atoms with Gasteiger partial charge in [0.15, 0.2) is 0 Å². The minimum atomic E-state index is 0.218. The Labute approximate surface area is 131 Å². The molecular weight excluding hydrogens is 284 g/mol. The first-order valence-electron chi connectivity index (χ1n) is 7.56. The van der Waals surface area contributed by atoms with E-state index in [0.29, 0.717) is 12.3 Å². The third-order valence-electron chi connectivity index (χ3n) is 4.22. The number of hydrogen-bond donors (Lipinski definition) is 1. The summed E-state index contributed by atoms with van der Waals surface area (Å²) < 4.78 is 5.36. The molecule has 0 radical (unpaired) electrons. The minimum Gasteiger partial charge on any atom is -0.379 e. The summed E-state index contributed by atoms with van der Waals surface area (Å²) in [7, 11) is 0. The van der Waals surface area contributed by atoms with Crippen molar-refractivity contribution >= 4 is 24.2 Å². The lowest BCUT2D eigenvalue weighted by molar-refractivity contribution is -0.117. The van der Waals surface area contributed by atoms with Crippen LogP contribution < -0.4 is 4.90 Å². The molecule has 1 unspecified atom stereocenters. The summed E-state index contributed by atoms with van der Waals surface area (Å²) in [6, 6.07) is 8.39. The Kier molecular flexibility index (Phi) is 4.83. The summed E-state index contributed by atoms with van der Waals surface area (Å²) in [6.07, 6.45) is 0.624. The molecule has 0 aromatic heterocycles. The smallest absolute Gasteiger partial charge is 0.227 e. The van der Waals surface area contributed by atoms with Gasteiger partial charge in [-0.2, -0.15) is 12.6 Å². The van der Waals surface area contributed by atoms with Gasteiger partial charge in [0.1, 0.15) is 0 Å². The molecule has 1 atom stereocenters. The summed E-state index contributed by atoms with van der Waals surface area (Å²) >= 11 is 4.30. The van der Waals surface area contributed by atoms with Crippen molar-refractivity contribution < 1.29 is 9.53 Å². The Morgan fingerprint density at radius 3 is 2.52 bits per heavy atom. The second kappa shape index (κ2) is 6.81. The van der Waals surface area contributed by atoms with E-state index in [1.165, 1.54) is 5.56 Å². The molecule has 0 spiro atoms. The highest BCUT2D eigenvalue weighted by Crippen LogP contribution is 2.26. The molecule has 1 aromatic rings. The summed E-state index contributed by atoms with van der Waals surface area (Å²) in [6.45, 7) is 5.39. The Morgan fingerprint density at radius 2 is 1.90 bits per heavy atom. The summed E-state index contributed by atoms with van der Waals surface area (Å²) in [5.41, 5.74) is 2.30. The van der Waals surface area contributed by atoms with Crippen molar-refractivity contribution in [3.05, 3.63) is 29.8 Å². The minimum absolute atomic E-state index is 0.218. The van der Waals surface area contributed by atoms with Gasteiger partial charge in [-0.25, -0.2) is 0 Å². The maximum atomic E-state index is 12.0. The zero-order valence-electron chi connectivity index (χ0n) is 12.2. The van der Waals surface area contributed by atoms with Gasteiger partial charge in [0.25, 0.3) is 0 Å².